The fraction of sp³-hybridized carbons (Fsp3) is 0.368. The maximum atomic E-state index is 5.20. The third-order valence-corrected chi connectivity index (χ3v) is 4.53. The summed E-state index contributed by atoms with van der Waals surface area (Å²) in [6.07, 6.45) is 1.78. The van der Waals surface area contributed by atoms with Gasteiger partial charge in [0.25, 0.3) is 0 Å². The second kappa shape index (κ2) is 9.03. The van der Waals surface area contributed by atoms with Crippen molar-refractivity contribution in [2.45, 2.75) is 26.6 Å². The van der Waals surface area contributed by atoms with Crippen LogP contribution in [-0.2, 0) is 33.7 Å². The Balaban J connectivity index is 1.68. The second-order valence-electron chi connectivity index (χ2n) is 6.39. The molecular weight excluding hydrogens is 356 g/mol. The lowest BCUT2D eigenvalue weighted by atomic mass is 10.2. The van der Waals surface area contributed by atoms with Gasteiger partial charge in [-0.25, -0.2) is 4.99 Å². The highest BCUT2D eigenvalue weighted by molar-refractivity contribution is 5.79. The number of rotatable bonds is 7. The summed E-state index contributed by atoms with van der Waals surface area (Å²) in [7, 11) is 5.52. The van der Waals surface area contributed by atoms with Gasteiger partial charge in [0.1, 0.15) is 11.6 Å². The molecule has 9 nitrogen and oxygen atoms in total. The normalized spacial score (nSPS) is 11.5. The van der Waals surface area contributed by atoms with E-state index in [2.05, 4.69) is 25.9 Å². The summed E-state index contributed by atoms with van der Waals surface area (Å²) in [5.41, 5.74) is 2.16. The molecule has 148 valence electrons. The molecule has 9 heteroatoms. The number of methoxy groups -OCH3 is 1. The maximum absolute atomic E-state index is 5.20. The van der Waals surface area contributed by atoms with Gasteiger partial charge in [0, 0.05) is 20.3 Å². The van der Waals surface area contributed by atoms with Gasteiger partial charge in [0.2, 0.25) is 0 Å². The van der Waals surface area contributed by atoms with E-state index in [0.29, 0.717) is 25.6 Å². The van der Waals surface area contributed by atoms with Gasteiger partial charge >= 0.3 is 0 Å². The van der Waals surface area contributed by atoms with E-state index in [4.69, 9.17) is 9.73 Å². The zero-order valence-electron chi connectivity index (χ0n) is 16.7. The lowest BCUT2D eigenvalue weighted by Gasteiger charge is -2.13. The number of nitrogens with one attached hydrogen (secondary N) is 2. The van der Waals surface area contributed by atoms with E-state index < -0.39 is 0 Å². The van der Waals surface area contributed by atoms with Crippen LogP contribution in [0, 0.1) is 6.92 Å². The first-order chi connectivity index (χ1) is 13.6. The standard InChI is InChI=1S/C19H26N8O/c1-14-24-25-18(26(14)2)13-22-19(21-12-16-9-10-23-27(16)3)20-11-15-5-7-17(28-4)8-6-15/h5-10H,11-13H2,1-4H3,(H2,20,21,22). The van der Waals surface area contributed by atoms with Crippen molar-refractivity contribution in [1.82, 2.24) is 35.2 Å². The molecule has 1 aromatic carbocycles. The minimum atomic E-state index is 0.525. The molecule has 0 aliphatic carbocycles. The van der Waals surface area contributed by atoms with Crippen molar-refractivity contribution in [2.75, 3.05) is 7.11 Å². The first-order valence-electron chi connectivity index (χ1n) is 9.03. The van der Waals surface area contributed by atoms with Crippen molar-refractivity contribution < 1.29 is 4.74 Å². The highest BCUT2D eigenvalue weighted by Crippen LogP contribution is 2.11. The molecular formula is C19H26N8O. The van der Waals surface area contributed by atoms with Gasteiger partial charge in [-0.1, -0.05) is 12.1 Å². The number of ether oxygens (including phenoxy) is 1. The van der Waals surface area contributed by atoms with Crippen molar-refractivity contribution in [3.05, 3.63) is 59.4 Å². The lowest BCUT2D eigenvalue weighted by molar-refractivity contribution is 0.414. The summed E-state index contributed by atoms with van der Waals surface area (Å²) in [5.74, 6) is 3.24. The number of benzene rings is 1. The largest absolute Gasteiger partial charge is 0.497 e. The molecule has 28 heavy (non-hydrogen) atoms. The molecule has 2 N–H and O–H groups in total. The van der Waals surface area contributed by atoms with Crippen molar-refractivity contribution >= 4 is 5.96 Å². The van der Waals surface area contributed by atoms with E-state index in [-0.39, 0.29) is 0 Å². The number of aryl methyl sites for hydroxylation is 2. The van der Waals surface area contributed by atoms with Gasteiger partial charge in [-0.05, 0) is 30.7 Å². The number of hydrogen-bond donors (Lipinski definition) is 2. The Kier molecular flexibility index (Phi) is 6.25. The Morgan fingerprint density at radius 2 is 1.82 bits per heavy atom. The SMILES string of the molecule is COc1ccc(CN=C(NCc2ccnn2C)NCc2nnc(C)n2C)cc1. The minimum Gasteiger partial charge on any atom is -0.497 e. The summed E-state index contributed by atoms with van der Waals surface area (Å²) >= 11 is 0. The number of guanidine groups is 1. The predicted molar refractivity (Wildman–Crippen MR) is 107 cm³/mol. The van der Waals surface area contributed by atoms with Gasteiger partial charge in [0.15, 0.2) is 11.8 Å². The maximum Gasteiger partial charge on any atom is 0.192 e. The van der Waals surface area contributed by atoms with Crippen LogP contribution in [0.4, 0.5) is 0 Å². The molecule has 0 atom stereocenters. The van der Waals surface area contributed by atoms with Crippen molar-refractivity contribution in [1.29, 1.82) is 0 Å². The van der Waals surface area contributed by atoms with E-state index in [9.17, 15) is 0 Å². The summed E-state index contributed by atoms with van der Waals surface area (Å²) in [4.78, 5) is 4.70. The van der Waals surface area contributed by atoms with Crippen LogP contribution >= 0.6 is 0 Å². The number of aliphatic imine (C=N–C) groups is 1. The number of aromatic nitrogens is 5. The van der Waals surface area contributed by atoms with Crippen LogP contribution in [0.5, 0.6) is 5.75 Å². The number of nitrogens with zero attached hydrogens (tertiary/aromatic N) is 6. The molecule has 0 radical (unpaired) electrons. The van der Waals surface area contributed by atoms with Crippen LogP contribution in [0.1, 0.15) is 22.9 Å². The van der Waals surface area contributed by atoms with Crippen LogP contribution in [0.3, 0.4) is 0 Å². The third kappa shape index (κ3) is 4.87. The Labute approximate surface area is 164 Å². The molecule has 2 aromatic heterocycles. The van der Waals surface area contributed by atoms with Crippen LogP contribution < -0.4 is 15.4 Å². The van der Waals surface area contributed by atoms with Gasteiger partial charge < -0.3 is 19.9 Å². The molecule has 0 aliphatic heterocycles. The smallest absolute Gasteiger partial charge is 0.192 e. The quantitative estimate of drug-likeness (QED) is 0.473. The summed E-state index contributed by atoms with van der Waals surface area (Å²) in [6.45, 7) is 3.61. The molecule has 2 heterocycles. The molecule has 0 saturated heterocycles. The zero-order chi connectivity index (χ0) is 19.9. The average molecular weight is 382 g/mol. The van der Waals surface area contributed by atoms with Gasteiger partial charge in [-0.3, -0.25) is 4.68 Å². The molecule has 3 rings (SSSR count). The monoisotopic (exact) mass is 382 g/mol. The minimum absolute atomic E-state index is 0.525. The Morgan fingerprint density at radius 1 is 1.07 bits per heavy atom. The predicted octanol–water partition coefficient (Wildman–Crippen LogP) is 1.30. The summed E-state index contributed by atoms with van der Waals surface area (Å²) in [5, 5.41) is 19.1. The fourth-order valence-corrected chi connectivity index (χ4v) is 2.59. The number of hydrogen-bond acceptors (Lipinski definition) is 5. The molecule has 0 amide bonds. The Hall–Kier alpha value is -3.36. The molecule has 0 unspecified atom stereocenters. The van der Waals surface area contributed by atoms with Crippen molar-refractivity contribution in [2.24, 2.45) is 19.1 Å². The topological polar surface area (TPSA) is 94.2 Å². The third-order valence-electron chi connectivity index (χ3n) is 4.53. The molecule has 3 aromatic rings. The molecule has 0 bridgehead atoms. The molecule has 0 saturated carbocycles. The van der Waals surface area contributed by atoms with Gasteiger partial charge in [-0.15, -0.1) is 10.2 Å². The van der Waals surface area contributed by atoms with Crippen LogP contribution in [0.2, 0.25) is 0 Å². The van der Waals surface area contributed by atoms with E-state index in [1.54, 1.807) is 13.3 Å². The van der Waals surface area contributed by atoms with E-state index in [0.717, 1.165) is 28.7 Å². The highest BCUT2D eigenvalue weighted by Gasteiger charge is 2.07. The first kappa shape index (κ1) is 19.4. The van der Waals surface area contributed by atoms with Crippen LogP contribution in [0.25, 0.3) is 0 Å². The molecule has 0 aliphatic rings. The van der Waals surface area contributed by atoms with Crippen LogP contribution in [-0.4, -0.2) is 37.6 Å². The average Bonchev–Trinajstić information content (AvgIpc) is 3.27. The first-order valence-corrected chi connectivity index (χ1v) is 9.03. The Bertz CT molecular complexity index is 926. The van der Waals surface area contributed by atoms with Crippen LogP contribution in [0.15, 0.2) is 41.5 Å². The fourth-order valence-electron chi connectivity index (χ4n) is 2.59. The molecule has 0 fully saturated rings. The lowest BCUT2D eigenvalue weighted by Crippen LogP contribution is -2.37. The van der Waals surface area contributed by atoms with Gasteiger partial charge in [0.05, 0.1) is 32.4 Å². The van der Waals surface area contributed by atoms with E-state index >= 15 is 0 Å². The zero-order valence-corrected chi connectivity index (χ0v) is 16.7. The summed E-state index contributed by atoms with van der Waals surface area (Å²) in [6, 6.07) is 9.85. The van der Waals surface area contributed by atoms with Gasteiger partial charge in [-0.2, -0.15) is 5.10 Å². The molecule has 0 spiro atoms. The second-order valence-corrected chi connectivity index (χ2v) is 6.39. The summed E-state index contributed by atoms with van der Waals surface area (Å²) < 4.78 is 8.99. The van der Waals surface area contributed by atoms with E-state index in [1.807, 2.05) is 60.6 Å². The highest BCUT2D eigenvalue weighted by atomic mass is 16.5. The Morgan fingerprint density at radius 3 is 2.43 bits per heavy atom. The van der Waals surface area contributed by atoms with Crippen molar-refractivity contribution in [3.63, 3.8) is 0 Å². The van der Waals surface area contributed by atoms with E-state index in [1.165, 1.54) is 0 Å². The van der Waals surface area contributed by atoms with Crippen molar-refractivity contribution in [3.8, 4) is 5.75 Å².